The number of aromatic nitrogens is 4. The van der Waals surface area contributed by atoms with Crippen LogP contribution in [0.5, 0.6) is 0 Å². The third-order valence-electron chi connectivity index (χ3n) is 1.96. The minimum Gasteiger partial charge on any atom is -0.369 e. The summed E-state index contributed by atoms with van der Waals surface area (Å²) < 4.78 is 1.14. The Morgan fingerprint density at radius 2 is 2.20 bits per heavy atom. The van der Waals surface area contributed by atoms with E-state index in [0.29, 0.717) is 6.29 Å². The molecule has 2 aromatic rings. The zero-order chi connectivity index (χ0) is 11.0. The molecular weight excluding hydrogens is 198 g/mol. The Bertz CT molecular complexity index is 604. The zero-order valence-electron chi connectivity index (χ0n) is 7.84. The average Bonchev–Trinajstić information content (AvgIpc) is 2.26. The van der Waals surface area contributed by atoms with E-state index in [-0.39, 0.29) is 22.8 Å². The van der Waals surface area contributed by atoms with Crippen LogP contribution >= 0.6 is 0 Å². The van der Waals surface area contributed by atoms with Crippen LogP contribution in [-0.4, -0.2) is 25.8 Å². The predicted molar refractivity (Wildman–Crippen MR) is 52.4 cm³/mol. The van der Waals surface area contributed by atoms with Gasteiger partial charge >= 0.3 is 0 Å². The number of hydrogen-bond donors (Lipinski definition) is 1. The number of carbonyl (C=O) groups excluding carboxylic acids is 1. The number of hydrogen-bond acceptors (Lipinski definition) is 6. The lowest BCUT2D eigenvalue weighted by Gasteiger charge is -2.02. The molecule has 2 rings (SSSR count). The molecule has 0 aromatic carbocycles. The van der Waals surface area contributed by atoms with Crippen molar-refractivity contribution in [3.8, 4) is 0 Å². The highest BCUT2D eigenvalue weighted by Crippen LogP contribution is 2.03. The molecule has 0 aliphatic carbocycles. The summed E-state index contributed by atoms with van der Waals surface area (Å²) in [5, 5.41) is 0. The molecule has 0 fully saturated rings. The molecule has 7 nitrogen and oxygen atoms in total. The second-order valence-corrected chi connectivity index (χ2v) is 2.92. The Labute approximate surface area is 83.6 Å². The van der Waals surface area contributed by atoms with Crippen molar-refractivity contribution in [2.45, 2.75) is 0 Å². The highest BCUT2D eigenvalue weighted by atomic mass is 16.1. The second kappa shape index (κ2) is 3.12. The van der Waals surface area contributed by atoms with Gasteiger partial charge in [-0.15, -0.1) is 0 Å². The van der Waals surface area contributed by atoms with Crippen LogP contribution in [0.4, 0.5) is 5.95 Å². The van der Waals surface area contributed by atoms with Crippen LogP contribution in [0, 0.1) is 0 Å². The van der Waals surface area contributed by atoms with Gasteiger partial charge in [-0.2, -0.15) is 4.98 Å². The summed E-state index contributed by atoms with van der Waals surface area (Å²) in [7, 11) is 1.47. The maximum absolute atomic E-state index is 11.6. The van der Waals surface area contributed by atoms with E-state index in [1.54, 1.807) is 0 Å². The van der Waals surface area contributed by atoms with Gasteiger partial charge in [-0.3, -0.25) is 14.2 Å². The molecule has 0 aliphatic rings. The molecule has 2 heterocycles. The molecule has 0 spiro atoms. The normalized spacial score (nSPS) is 10.5. The predicted octanol–water partition coefficient (Wildman–Crippen LogP) is -0.882. The van der Waals surface area contributed by atoms with Gasteiger partial charge < -0.3 is 5.73 Å². The molecule has 76 valence electrons. The quantitative estimate of drug-likeness (QED) is 0.606. The van der Waals surface area contributed by atoms with Crippen molar-refractivity contribution >= 4 is 23.4 Å². The Morgan fingerprint density at radius 1 is 1.47 bits per heavy atom. The molecule has 7 heteroatoms. The van der Waals surface area contributed by atoms with Gasteiger partial charge in [0.1, 0.15) is 5.69 Å². The van der Waals surface area contributed by atoms with Crippen molar-refractivity contribution in [3.05, 3.63) is 22.2 Å². The lowest BCUT2D eigenvalue weighted by atomic mass is 10.4. The van der Waals surface area contributed by atoms with E-state index in [0.717, 1.165) is 4.57 Å². The van der Waals surface area contributed by atoms with Crippen molar-refractivity contribution in [2.75, 3.05) is 5.73 Å². The van der Waals surface area contributed by atoms with Crippen LogP contribution in [0.1, 0.15) is 10.5 Å². The minimum atomic E-state index is -0.422. The van der Waals surface area contributed by atoms with Gasteiger partial charge in [-0.05, 0) is 0 Å². The number of nitrogen functional groups attached to an aromatic ring is 1. The summed E-state index contributed by atoms with van der Waals surface area (Å²) in [6.07, 6.45) is 1.75. The first-order valence-corrected chi connectivity index (χ1v) is 4.08. The fourth-order valence-corrected chi connectivity index (χ4v) is 1.12. The molecule has 0 saturated heterocycles. The minimum absolute atomic E-state index is 0.0382. The van der Waals surface area contributed by atoms with E-state index in [1.165, 1.54) is 13.2 Å². The smallest absolute Gasteiger partial charge is 0.282 e. The Kier molecular flexibility index (Phi) is 1.93. The average molecular weight is 205 g/mol. The van der Waals surface area contributed by atoms with Crippen molar-refractivity contribution in [1.29, 1.82) is 0 Å². The number of fused-ring (bicyclic) bond motifs is 1. The number of nitrogens with two attached hydrogens (primary N) is 1. The topological polar surface area (TPSA) is 104 Å². The largest absolute Gasteiger partial charge is 0.369 e. The molecule has 0 saturated carbocycles. The summed E-state index contributed by atoms with van der Waals surface area (Å²) >= 11 is 0. The Hall–Kier alpha value is -2.31. The first-order valence-electron chi connectivity index (χ1n) is 4.08. The molecule has 15 heavy (non-hydrogen) atoms. The SMILES string of the molecule is Cn1c(N)nc2ncc(C=O)nc2c1=O. The first-order chi connectivity index (χ1) is 7.13. The lowest BCUT2D eigenvalue weighted by molar-refractivity contribution is 0.111. The fourth-order valence-electron chi connectivity index (χ4n) is 1.12. The van der Waals surface area contributed by atoms with Crippen LogP contribution in [0.2, 0.25) is 0 Å². The van der Waals surface area contributed by atoms with Gasteiger partial charge in [-0.25, -0.2) is 9.97 Å². The summed E-state index contributed by atoms with van der Waals surface area (Å²) in [6, 6.07) is 0. The highest BCUT2D eigenvalue weighted by molar-refractivity contribution is 5.77. The van der Waals surface area contributed by atoms with E-state index in [2.05, 4.69) is 15.0 Å². The Morgan fingerprint density at radius 3 is 2.87 bits per heavy atom. The van der Waals surface area contributed by atoms with E-state index in [1.807, 2.05) is 0 Å². The molecule has 0 aliphatic heterocycles. The molecule has 0 unspecified atom stereocenters. The van der Waals surface area contributed by atoms with Crippen LogP contribution < -0.4 is 11.3 Å². The van der Waals surface area contributed by atoms with Gasteiger partial charge in [0.2, 0.25) is 5.95 Å². The van der Waals surface area contributed by atoms with E-state index in [4.69, 9.17) is 5.73 Å². The molecule has 0 amide bonds. The van der Waals surface area contributed by atoms with Crippen molar-refractivity contribution in [1.82, 2.24) is 19.5 Å². The summed E-state index contributed by atoms with van der Waals surface area (Å²) in [5.74, 6) is 0.0562. The van der Waals surface area contributed by atoms with Crippen LogP contribution in [0.25, 0.3) is 11.2 Å². The van der Waals surface area contributed by atoms with Gasteiger partial charge in [0, 0.05) is 7.05 Å². The third-order valence-corrected chi connectivity index (χ3v) is 1.96. The molecule has 0 bridgehead atoms. The number of nitrogens with zero attached hydrogens (tertiary/aromatic N) is 4. The number of rotatable bonds is 1. The van der Waals surface area contributed by atoms with Gasteiger partial charge in [-0.1, -0.05) is 0 Å². The van der Waals surface area contributed by atoms with Gasteiger partial charge in [0.25, 0.3) is 5.56 Å². The summed E-state index contributed by atoms with van der Waals surface area (Å²) in [5.41, 5.74) is 5.32. The first kappa shape index (κ1) is 9.25. The van der Waals surface area contributed by atoms with Gasteiger partial charge in [0.15, 0.2) is 17.5 Å². The second-order valence-electron chi connectivity index (χ2n) is 2.92. The molecule has 2 N–H and O–H groups in total. The van der Waals surface area contributed by atoms with Crippen molar-refractivity contribution in [2.24, 2.45) is 7.05 Å². The number of anilines is 1. The molecule has 0 radical (unpaired) electrons. The highest BCUT2D eigenvalue weighted by Gasteiger charge is 2.08. The van der Waals surface area contributed by atoms with E-state index < -0.39 is 5.56 Å². The maximum Gasteiger partial charge on any atom is 0.282 e. The zero-order valence-corrected chi connectivity index (χ0v) is 7.84. The third kappa shape index (κ3) is 1.33. The monoisotopic (exact) mass is 205 g/mol. The van der Waals surface area contributed by atoms with Crippen LogP contribution in [-0.2, 0) is 7.05 Å². The summed E-state index contributed by atoms with van der Waals surface area (Å²) in [6.45, 7) is 0. The van der Waals surface area contributed by atoms with Crippen LogP contribution in [0.3, 0.4) is 0 Å². The van der Waals surface area contributed by atoms with Crippen molar-refractivity contribution in [3.63, 3.8) is 0 Å². The van der Waals surface area contributed by atoms with Crippen molar-refractivity contribution < 1.29 is 4.79 Å². The maximum atomic E-state index is 11.6. The molecule has 2 aromatic heterocycles. The number of aldehydes is 1. The van der Waals surface area contributed by atoms with E-state index in [9.17, 15) is 9.59 Å². The van der Waals surface area contributed by atoms with Crippen LogP contribution in [0.15, 0.2) is 11.0 Å². The fraction of sp³-hybridized carbons (Fsp3) is 0.125. The molecular formula is C8H7N5O2. The lowest BCUT2D eigenvalue weighted by Crippen LogP contribution is -2.23. The van der Waals surface area contributed by atoms with E-state index >= 15 is 0 Å². The summed E-state index contributed by atoms with van der Waals surface area (Å²) in [4.78, 5) is 33.6. The standard InChI is InChI=1S/C8H7N5O2/c1-13-7(15)5-6(12-8(13)9)10-2-4(3-14)11-5/h2-3H,1H3,(H2,9,10,12). The number of carbonyl (C=O) groups is 1. The Balaban J connectivity index is 2.94. The molecule has 0 atom stereocenters. The van der Waals surface area contributed by atoms with Gasteiger partial charge in [0.05, 0.1) is 6.20 Å².